The molecule has 0 spiro atoms. The molecule has 160 valence electrons. The van der Waals surface area contributed by atoms with Crippen molar-refractivity contribution in [1.82, 2.24) is 29.8 Å². The molecule has 0 saturated carbocycles. The molecule has 1 amide bonds. The molecular formula is C21H24N8O2. The Bertz CT molecular complexity index is 1040. The molecule has 0 unspecified atom stereocenters. The van der Waals surface area contributed by atoms with Crippen LogP contribution >= 0.6 is 0 Å². The van der Waals surface area contributed by atoms with Crippen molar-refractivity contribution in [3.63, 3.8) is 0 Å². The molecule has 1 aliphatic heterocycles. The summed E-state index contributed by atoms with van der Waals surface area (Å²) in [5, 5.41) is 3.24. The Morgan fingerprint density at radius 2 is 1.77 bits per heavy atom. The number of amides is 1. The normalized spacial score (nSPS) is 13.7. The molecule has 0 atom stereocenters. The lowest BCUT2D eigenvalue weighted by Gasteiger charge is -2.35. The molecule has 0 bridgehead atoms. The quantitative estimate of drug-likeness (QED) is 0.638. The van der Waals surface area contributed by atoms with Gasteiger partial charge in [0.05, 0.1) is 0 Å². The van der Waals surface area contributed by atoms with Gasteiger partial charge >= 0.3 is 6.01 Å². The highest BCUT2D eigenvalue weighted by Gasteiger charge is 2.23. The Balaban J connectivity index is 1.35. The fraction of sp³-hybridized carbons (Fsp3) is 0.333. The third-order valence-corrected chi connectivity index (χ3v) is 4.82. The van der Waals surface area contributed by atoms with Crippen LogP contribution in [0.15, 0.2) is 42.9 Å². The minimum Gasteiger partial charge on any atom is -0.453 e. The highest BCUT2D eigenvalue weighted by atomic mass is 16.5. The summed E-state index contributed by atoms with van der Waals surface area (Å²) in [7, 11) is 0. The Morgan fingerprint density at radius 3 is 2.52 bits per heavy atom. The smallest absolute Gasteiger partial charge is 0.316 e. The Kier molecular flexibility index (Phi) is 6.16. The second kappa shape index (κ2) is 9.33. The van der Waals surface area contributed by atoms with Gasteiger partial charge in [-0.05, 0) is 37.6 Å². The van der Waals surface area contributed by atoms with E-state index in [0.717, 1.165) is 17.2 Å². The number of anilines is 3. The van der Waals surface area contributed by atoms with Crippen molar-refractivity contribution in [3.05, 3.63) is 54.2 Å². The number of carbonyl (C=O) groups excluding carboxylic acids is 1. The van der Waals surface area contributed by atoms with Crippen molar-refractivity contribution >= 4 is 23.4 Å². The van der Waals surface area contributed by atoms with E-state index in [4.69, 9.17) is 4.74 Å². The van der Waals surface area contributed by atoms with Crippen molar-refractivity contribution in [3.8, 4) is 6.01 Å². The predicted molar refractivity (Wildman–Crippen MR) is 115 cm³/mol. The molecule has 1 N–H and O–H groups in total. The second-order valence-corrected chi connectivity index (χ2v) is 7.19. The molecule has 0 aliphatic carbocycles. The molecule has 10 nitrogen and oxygen atoms in total. The van der Waals surface area contributed by atoms with Gasteiger partial charge in [-0.3, -0.25) is 4.79 Å². The molecule has 4 rings (SSSR count). The zero-order valence-corrected chi connectivity index (χ0v) is 17.5. The van der Waals surface area contributed by atoms with E-state index in [2.05, 4.69) is 35.1 Å². The van der Waals surface area contributed by atoms with Crippen molar-refractivity contribution in [2.45, 2.75) is 13.8 Å². The molecule has 0 aromatic carbocycles. The van der Waals surface area contributed by atoms with Gasteiger partial charge in [-0.1, -0.05) is 0 Å². The van der Waals surface area contributed by atoms with Gasteiger partial charge in [-0.2, -0.15) is 0 Å². The van der Waals surface area contributed by atoms with Crippen molar-refractivity contribution in [2.75, 3.05) is 43.0 Å². The molecule has 3 aromatic rings. The van der Waals surface area contributed by atoms with Crippen LogP contribution in [0.25, 0.3) is 0 Å². The van der Waals surface area contributed by atoms with Gasteiger partial charge in [0.25, 0.3) is 5.91 Å². The van der Waals surface area contributed by atoms with E-state index in [9.17, 15) is 4.79 Å². The largest absolute Gasteiger partial charge is 0.453 e. The van der Waals surface area contributed by atoms with E-state index in [1.807, 2.05) is 32.0 Å². The number of nitrogens with one attached hydrogen (secondary N) is 1. The van der Waals surface area contributed by atoms with Crippen LogP contribution in [0, 0.1) is 13.8 Å². The number of ether oxygens (including phenoxy) is 1. The molecule has 10 heteroatoms. The number of pyridine rings is 1. The van der Waals surface area contributed by atoms with Crippen molar-refractivity contribution in [1.29, 1.82) is 0 Å². The third-order valence-electron chi connectivity index (χ3n) is 4.82. The molecule has 31 heavy (non-hydrogen) atoms. The first-order valence-corrected chi connectivity index (χ1v) is 10.0. The maximum Gasteiger partial charge on any atom is 0.316 e. The molecular weight excluding hydrogens is 396 g/mol. The average Bonchev–Trinajstić information content (AvgIpc) is 2.78. The summed E-state index contributed by atoms with van der Waals surface area (Å²) < 4.78 is 5.37. The summed E-state index contributed by atoms with van der Waals surface area (Å²) in [5.74, 6) is 2.84. The Labute approximate surface area is 180 Å². The van der Waals surface area contributed by atoms with Gasteiger partial charge in [0.1, 0.15) is 23.3 Å². The number of nitrogens with zero attached hydrogens (tertiary/aromatic N) is 7. The zero-order valence-electron chi connectivity index (χ0n) is 17.5. The zero-order chi connectivity index (χ0) is 21.6. The second-order valence-electron chi connectivity index (χ2n) is 7.19. The van der Waals surface area contributed by atoms with E-state index in [0.29, 0.717) is 37.8 Å². The van der Waals surface area contributed by atoms with Crippen molar-refractivity contribution < 1.29 is 9.53 Å². The maximum absolute atomic E-state index is 12.4. The minimum atomic E-state index is -0.0844. The van der Waals surface area contributed by atoms with E-state index in [-0.39, 0.29) is 18.5 Å². The summed E-state index contributed by atoms with van der Waals surface area (Å²) in [6, 6.07) is 7.71. The summed E-state index contributed by atoms with van der Waals surface area (Å²) in [4.78, 5) is 37.7. The van der Waals surface area contributed by atoms with E-state index in [1.54, 1.807) is 29.6 Å². The minimum absolute atomic E-state index is 0.0752. The van der Waals surface area contributed by atoms with Gasteiger partial charge < -0.3 is 19.9 Å². The third kappa shape index (κ3) is 5.41. The monoisotopic (exact) mass is 420 g/mol. The van der Waals surface area contributed by atoms with Crippen LogP contribution in [0.3, 0.4) is 0 Å². The van der Waals surface area contributed by atoms with Crippen LogP contribution in [0.2, 0.25) is 0 Å². The molecule has 1 aliphatic rings. The van der Waals surface area contributed by atoms with Crippen molar-refractivity contribution in [2.24, 2.45) is 0 Å². The lowest BCUT2D eigenvalue weighted by atomic mass is 10.3. The number of aromatic nitrogens is 5. The maximum atomic E-state index is 12.4. The van der Waals surface area contributed by atoms with Gasteiger partial charge in [0, 0.05) is 50.8 Å². The number of hydrogen-bond donors (Lipinski definition) is 1. The summed E-state index contributed by atoms with van der Waals surface area (Å²) >= 11 is 0. The van der Waals surface area contributed by atoms with Crippen LogP contribution in [0.1, 0.15) is 11.4 Å². The van der Waals surface area contributed by atoms with Crippen LogP contribution in [-0.4, -0.2) is 68.5 Å². The summed E-state index contributed by atoms with van der Waals surface area (Å²) in [6.07, 6.45) is 4.91. The number of rotatable bonds is 6. The number of hydrogen-bond acceptors (Lipinski definition) is 9. The summed E-state index contributed by atoms with van der Waals surface area (Å²) in [5.41, 5.74) is 1.12. The van der Waals surface area contributed by atoms with E-state index in [1.165, 1.54) is 0 Å². The molecule has 3 aromatic heterocycles. The molecule has 1 fully saturated rings. The lowest BCUT2D eigenvalue weighted by molar-refractivity contribution is -0.133. The first-order chi connectivity index (χ1) is 15.1. The number of piperazine rings is 1. The lowest BCUT2D eigenvalue weighted by Crippen LogP contribution is -2.50. The first-order valence-electron chi connectivity index (χ1n) is 10.0. The van der Waals surface area contributed by atoms with Crippen LogP contribution < -0.4 is 15.0 Å². The van der Waals surface area contributed by atoms with Gasteiger partial charge in [-0.25, -0.2) is 24.9 Å². The van der Waals surface area contributed by atoms with E-state index < -0.39 is 0 Å². The van der Waals surface area contributed by atoms with Gasteiger partial charge in [0.15, 0.2) is 6.61 Å². The Hall–Kier alpha value is -3.82. The fourth-order valence-electron chi connectivity index (χ4n) is 3.28. The molecule has 0 radical (unpaired) electrons. The molecule has 1 saturated heterocycles. The van der Waals surface area contributed by atoms with Gasteiger partial charge in [-0.15, -0.1) is 0 Å². The van der Waals surface area contributed by atoms with Crippen LogP contribution in [-0.2, 0) is 4.79 Å². The van der Waals surface area contributed by atoms with Gasteiger partial charge in [0.2, 0.25) is 0 Å². The van der Waals surface area contributed by atoms with Crippen LogP contribution in [0.5, 0.6) is 6.01 Å². The van der Waals surface area contributed by atoms with Crippen LogP contribution in [0.4, 0.5) is 17.5 Å². The summed E-state index contributed by atoms with van der Waals surface area (Å²) in [6.45, 7) is 6.32. The topological polar surface area (TPSA) is 109 Å². The standard InChI is InChI=1S/C21H24N8O2/c1-15-4-7-22-17(12-15)27-18-13-19(26-16(2)25-18)28-8-10-29(11-9-28)20(30)14-31-21-23-5-3-6-24-21/h3-7,12-13H,8-11,14H2,1-2H3,(H,22,25,26,27). The average molecular weight is 420 g/mol. The number of aryl methyl sites for hydroxylation is 2. The first kappa shape index (κ1) is 20.5. The Morgan fingerprint density at radius 1 is 1.00 bits per heavy atom. The van der Waals surface area contributed by atoms with E-state index >= 15 is 0 Å². The highest BCUT2D eigenvalue weighted by Crippen LogP contribution is 2.20. The number of carbonyl (C=O) groups is 1. The predicted octanol–water partition coefficient (Wildman–Crippen LogP) is 1.75. The SMILES string of the molecule is Cc1ccnc(Nc2cc(N3CCN(C(=O)COc4ncccn4)CC3)nc(C)n2)c1. The fourth-order valence-corrected chi connectivity index (χ4v) is 3.28. The molecule has 4 heterocycles. The highest BCUT2D eigenvalue weighted by molar-refractivity contribution is 5.78.